The highest BCUT2D eigenvalue weighted by Gasteiger charge is 2.26. The molecular weight excluding hydrogens is 306 g/mol. The molecule has 2 rings (SSSR count). The van der Waals surface area contributed by atoms with Crippen LogP contribution < -0.4 is 10.6 Å². The highest BCUT2D eigenvalue weighted by Crippen LogP contribution is 2.22. The minimum atomic E-state index is -0.146. The van der Waals surface area contributed by atoms with Crippen LogP contribution in [0.5, 0.6) is 0 Å². The van der Waals surface area contributed by atoms with Crippen LogP contribution in [0.15, 0.2) is 18.2 Å². The van der Waals surface area contributed by atoms with Crippen LogP contribution in [0.25, 0.3) is 0 Å². The summed E-state index contributed by atoms with van der Waals surface area (Å²) in [4.78, 5) is 26.1. The first-order chi connectivity index (χ1) is 11.3. The van der Waals surface area contributed by atoms with Gasteiger partial charge in [0, 0.05) is 30.4 Å². The van der Waals surface area contributed by atoms with Crippen molar-refractivity contribution >= 4 is 23.3 Å². The molecule has 2 atom stereocenters. The highest BCUT2D eigenvalue weighted by atomic mass is 16.5. The van der Waals surface area contributed by atoms with E-state index in [4.69, 9.17) is 4.74 Å². The van der Waals surface area contributed by atoms with Gasteiger partial charge in [-0.2, -0.15) is 0 Å². The van der Waals surface area contributed by atoms with Gasteiger partial charge in [-0.15, -0.1) is 0 Å². The fourth-order valence-corrected chi connectivity index (χ4v) is 2.66. The molecule has 1 saturated heterocycles. The SMILES string of the molecule is Cc1ccc(NC(=O)C(C)C)cc1NC(=O)N1C[C@H](C)O[C@@H](C)C1. The number of carbonyl (C=O) groups is 2. The summed E-state index contributed by atoms with van der Waals surface area (Å²) >= 11 is 0. The first-order valence-electron chi connectivity index (χ1n) is 8.39. The maximum absolute atomic E-state index is 12.5. The summed E-state index contributed by atoms with van der Waals surface area (Å²) < 4.78 is 5.66. The third kappa shape index (κ3) is 4.71. The molecule has 6 heteroatoms. The van der Waals surface area contributed by atoms with E-state index in [1.54, 1.807) is 11.0 Å². The summed E-state index contributed by atoms with van der Waals surface area (Å²) in [6.45, 7) is 10.7. The first-order valence-corrected chi connectivity index (χ1v) is 8.39. The minimum absolute atomic E-state index is 0.0252. The van der Waals surface area contributed by atoms with Crippen molar-refractivity contribution in [2.75, 3.05) is 23.7 Å². The molecule has 1 aliphatic heterocycles. The van der Waals surface area contributed by atoms with Crippen molar-refractivity contribution in [2.24, 2.45) is 5.92 Å². The van der Waals surface area contributed by atoms with Crippen molar-refractivity contribution in [3.63, 3.8) is 0 Å². The zero-order valence-electron chi connectivity index (χ0n) is 15.1. The van der Waals surface area contributed by atoms with Gasteiger partial charge in [-0.05, 0) is 38.5 Å². The second-order valence-electron chi connectivity index (χ2n) is 6.77. The second kappa shape index (κ2) is 7.66. The quantitative estimate of drug-likeness (QED) is 0.892. The van der Waals surface area contributed by atoms with Gasteiger partial charge in [0.1, 0.15) is 0 Å². The van der Waals surface area contributed by atoms with E-state index in [2.05, 4.69) is 10.6 Å². The van der Waals surface area contributed by atoms with Gasteiger partial charge in [0.2, 0.25) is 5.91 Å². The van der Waals surface area contributed by atoms with Gasteiger partial charge in [0.05, 0.1) is 12.2 Å². The predicted molar refractivity (Wildman–Crippen MR) is 95.2 cm³/mol. The van der Waals surface area contributed by atoms with Crippen molar-refractivity contribution in [1.82, 2.24) is 4.90 Å². The molecule has 1 aromatic rings. The smallest absolute Gasteiger partial charge is 0.322 e. The third-order valence-electron chi connectivity index (χ3n) is 3.98. The van der Waals surface area contributed by atoms with Crippen LogP contribution in [0.3, 0.4) is 0 Å². The number of aryl methyl sites for hydroxylation is 1. The highest BCUT2D eigenvalue weighted by molar-refractivity contribution is 5.94. The van der Waals surface area contributed by atoms with E-state index in [-0.39, 0.29) is 30.1 Å². The average Bonchev–Trinajstić information content (AvgIpc) is 2.49. The summed E-state index contributed by atoms with van der Waals surface area (Å²) in [7, 11) is 0. The van der Waals surface area contributed by atoms with E-state index in [9.17, 15) is 9.59 Å². The van der Waals surface area contributed by atoms with Gasteiger partial charge in [-0.1, -0.05) is 19.9 Å². The number of ether oxygens (including phenoxy) is 1. The largest absolute Gasteiger partial charge is 0.372 e. The number of nitrogens with one attached hydrogen (secondary N) is 2. The van der Waals surface area contributed by atoms with E-state index in [1.165, 1.54) is 0 Å². The summed E-state index contributed by atoms with van der Waals surface area (Å²) in [5, 5.41) is 5.80. The Kier molecular flexibility index (Phi) is 5.83. The van der Waals surface area contributed by atoms with Crippen molar-refractivity contribution in [3.05, 3.63) is 23.8 Å². The van der Waals surface area contributed by atoms with Crippen LogP contribution in [-0.4, -0.2) is 42.1 Å². The molecule has 1 aliphatic rings. The molecule has 0 radical (unpaired) electrons. The first kappa shape index (κ1) is 18.3. The number of benzene rings is 1. The van der Waals surface area contributed by atoms with Crippen molar-refractivity contribution in [2.45, 2.75) is 46.8 Å². The lowest BCUT2D eigenvalue weighted by molar-refractivity contribution is -0.118. The normalized spacial score (nSPS) is 20.8. The lowest BCUT2D eigenvalue weighted by Gasteiger charge is -2.35. The lowest BCUT2D eigenvalue weighted by atomic mass is 10.1. The monoisotopic (exact) mass is 333 g/mol. The minimum Gasteiger partial charge on any atom is -0.372 e. The molecule has 1 fully saturated rings. The van der Waals surface area contributed by atoms with E-state index in [0.717, 1.165) is 5.56 Å². The Bertz CT molecular complexity index is 606. The fraction of sp³-hybridized carbons (Fsp3) is 0.556. The van der Waals surface area contributed by atoms with Gasteiger partial charge in [-0.3, -0.25) is 4.79 Å². The fourth-order valence-electron chi connectivity index (χ4n) is 2.66. The molecular formula is C18H27N3O3. The number of morpholine rings is 1. The Morgan fingerprint density at radius 3 is 2.38 bits per heavy atom. The Labute approximate surface area is 143 Å². The molecule has 2 N–H and O–H groups in total. The van der Waals surface area contributed by atoms with Crippen LogP contribution in [0.2, 0.25) is 0 Å². The molecule has 132 valence electrons. The van der Waals surface area contributed by atoms with Gasteiger partial charge in [0.25, 0.3) is 0 Å². The maximum atomic E-state index is 12.5. The van der Waals surface area contributed by atoms with E-state index in [1.807, 2.05) is 46.8 Å². The van der Waals surface area contributed by atoms with E-state index < -0.39 is 0 Å². The number of rotatable bonds is 3. The zero-order chi connectivity index (χ0) is 17.9. The Morgan fingerprint density at radius 2 is 1.79 bits per heavy atom. The number of hydrogen-bond donors (Lipinski definition) is 2. The number of nitrogens with zero attached hydrogens (tertiary/aromatic N) is 1. The molecule has 6 nitrogen and oxygen atoms in total. The van der Waals surface area contributed by atoms with Crippen molar-refractivity contribution in [3.8, 4) is 0 Å². The number of anilines is 2. The van der Waals surface area contributed by atoms with E-state index >= 15 is 0 Å². The molecule has 1 heterocycles. The predicted octanol–water partition coefficient (Wildman–Crippen LogP) is 3.23. The number of carbonyl (C=O) groups excluding carboxylic acids is 2. The zero-order valence-corrected chi connectivity index (χ0v) is 15.1. The van der Waals surface area contributed by atoms with Crippen LogP contribution >= 0.6 is 0 Å². The Hall–Kier alpha value is -2.08. The molecule has 0 spiro atoms. The van der Waals surface area contributed by atoms with Crippen LogP contribution in [0.1, 0.15) is 33.3 Å². The van der Waals surface area contributed by atoms with Crippen LogP contribution in [0.4, 0.5) is 16.2 Å². The molecule has 0 aliphatic carbocycles. The molecule has 24 heavy (non-hydrogen) atoms. The molecule has 3 amide bonds. The summed E-state index contributed by atoms with van der Waals surface area (Å²) in [5.74, 6) is -0.146. The number of urea groups is 1. The maximum Gasteiger partial charge on any atom is 0.322 e. The molecule has 0 bridgehead atoms. The summed E-state index contributed by atoms with van der Waals surface area (Å²) in [6.07, 6.45) is 0.0505. The number of hydrogen-bond acceptors (Lipinski definition) is 3. The van der Waals surface area contributed by atoms with Crippen LogP contribution in [0, 0.1) is 12.8 Å². The third-order valence-corrected chi connectivity index (χ3v) is 3.98. The van der Waals surface area contributed by atoms with Gasteiger partial charge < -0.3 is 20.3 Å². The Morgan fingerprint density at radius 1 is 1.17 bits per heavy atom. The average molecular weight is 333 g/mol. The lowest BCUT2D eigenvalue weighted by Crippen LogP contribution is -2.49. The van der Waals surface area contributed by atoms with Crippen molar-refractivity contribution in [1.29, 1.82) is 0 Å². The second-order valence-corrected chi connectivity index (χ2v) is 6.77. The molecule has 0 saturated carbocycles. The van der Waals surface area contributed by atoms with E-state index in [0.29, 0.717) is 24.5 Å². The standard InChI is InChI=1S/C18H27N3O3/c1-11(2)17(22)19-15-7-6-12(3)16(8-15)20-18(23)21-9-13(4)24-14(5)10-21/h6-8,11,13-14H,9-10H2,1-5H3,(H,19,22)(H,20,23)/t13-,14-/m0/s1. The Balaban J connectivity index is 2.08. The van der Waals surface area contributed by atoms with Crippen LogP contribution in [-0.2, 0) is 9.53 Å². The summed E-state index contributed by atoms with van der Waals surface area (Å²) in [5.41, 5.74) is 2.33. The topological polar surface area (TPSA) is 70.7 Å². The van der Waals surface area contributed by atoms with Gasteiger partial charge >= 0.3 is 6.03 Å². The molecule has 1 aromatic carbocycles. The number of amides is 3. The molecule has 0 unspecified atom stereocenters. The molecule has 0 aromatic heterocycles. The van der Waals surface area contributed by atoms with Crippen molar-refractivity contribution < 1.29 is 14.3 Å². The summed E-state index contributed by atoms with van der Waals surface area (Å²) in [6, 6.07) is 5.37. The van der Waals surface area contributed by atoms with Gasteiger partial charge in [-0.25, -0.2) is 4.79 Å². The van der Waals surface area contributed by atoms with Gasteiger partial charge in [0.15, 0.2) is 0 Å².